The van der Waals surface area contributed by atoms with Gasteiger partial charge < -0.3 is 14.2 Å². The first-order valence-electron chi connectivity index (χ1n) is 7.14. The highest BCUT2D eigenvalue weighted by molar-refractivity contribution is 7.88. The van der Waals surface area contributed by atoms with E-state index in [9.17, 15) is 35.2 Å². The second-order valence-corrected chi connectivity index (χ2v) is 8.98. The van der Waals surface area contributed by atoms with Crippen molar-refractivity contribution in [1.29, 1.82) is 0 Å². The van der Waals surface area contributed by atoms with Crippen LogP contribution in [0.4, 0.5) is 8.78 Å². The number of hydrogen-bond acceptors (Lipinski definition) is 10. The zero-order valence-corrected chi connectivity index (χ0v) is 14.2. The second-order valence-electron chi connectivity index (χ2n) is 5.80. The molecule has 3 aliphatic heterocycles. The first-order chi connectivity index (χ1) is 11.8. The summed E-state index contributed by atoms with van der Waals surface area (Å²) in [5.41, 5.74) is 0. The minimum Gasteiger partial charge on any atom is -0.460 e. The van der Waals surface area contributed by atoms with E-state index >= 15 is 0 Å². The zero-order chi connectivity index (χ0) is 19.5. The van der Waals surface area contributed by atoms with Gasteiger partial charge in [-0.3, -0.25) is 13.5 Å². The molecule has 3 aliphatic rings. The Morgan fingerprint density at radius 2 is 1.92 bits per heavy atom. The van der Waals surface area contributed by atoms with E-state index in [1.807, 2.05) is 0 Å². The number of ether oxygens (including phenoxy) is 3. The van der Waals surface area contributed by atoms with Gasteiger partial charge >= 0.3 is 27.3 Å². The molecule has 0 amide bonds. The fourth-order valence-electron chi connectivity index (χ4n) is 3.04. The van der Waals surface area contributed by atoms with Crippen molar-refractivity contribution in [3.05, 3.63) is 0 Å². The fourth-order valence-corrected chi connectivity index (χ4v) is 5.09. The summed E-state index contributed by atoms with van der Waals surface area (Å²) in [4.78, 5) is 22.7. The first kappa shape index (κ1) is 19.3. The smallest absolute Gasteiger partial charge is 0.460 e. The lowest BCUT2D eigenvalue weighted by Gasteiger charge is -2.21. The summed E-state index contributed by atoms with van der Waals surface area (Å²) in [6, 6.07) is 0. The van der Waals surface area contributed by atoms with Gasteiger partial charge in [0.05, 0.1) is 12.5 Å². The van der Waals surface area contributed by atoms with E-state index in [2.05, 4.69) is 4.74 Å². The molecule has 5 unspecified atom stereocenters. The molecule has 3 heterocycles. The topological polar surface area (TPSA) is 160 Å². The highest BCUT2D eigenvalue weighted by atomic mass is 32.2. The van der Waals surface area contributed by atoms with Gasteiger partial charge in [-0.25, -0.2) is 4.79 Å². The molecule has 11 nitrogen and oxygen atoms in total. The van der Waals surface area contributed by atoms with Crippen molar-refractivity contribution in [3.8, 4) is 0 Å². The standard InChI is InChI=1S/C11H12F2O11S2/c12-11(13,26(18,19)20)10(15)21-2-1-6(14)23-7-4-3-5-8(22-4)9(7)25(16,17)24-5/h4-5,7-9H,1-3H2,(H,18,19,20). The molecule has 0 aromatic rings. The molecular weight excluding hydrogens is 410 g/mol. The number of rotatable bonds is 6. The molecule has 2 bridgehead atoms. The summed E-state index contributed by atoms with van der Waals surface area (Å²) in [7, 11) is -9.99. The lowest BCUT2D eigenvalue weighted by molar-refractivity contribution is -0.164. The molecule has 148 valence electrons. The Bertz CT molecular complexity index is 834. The van der Waals surface area contributed by atoms with Crippen molar-refractivity contribution in [2.75, 3.05) is 6.61 Å². The quantitative estimate of drug-likeness (QED) is 0.304. The molecule has 0 aliphatic carbocycles. The third-order valence-corrected chi connectivity index (χ3v) is 6.67. The minimum absolute atomic E-state index is 0.202. The maximum absolute atomic E-state index is 12.9. The van der Waals surface area contributed by atoms with Crippen molar-refractivity contribution < 1.29 is 58.2 Å². The van der Waals surface area contributed by atoms with Crippen LogP contribution >= 0.6 is 0 Å². The number of carbonyl (C=O) groups excluding carboxylic acids is 2. The molecule has 0 saturated carbocycles. The average Bonchev–Trinajstić information content (AvgIpc) is 3.07. The van der Waals surface area contributed by atoms with Gasteiger partial charge in [-0.2, -0.15) is 25.6 Å². The number of fused-ring (bicyclic) bond motifs is 1. The number of esters is 2. The molecule has 1 N–H and O–H groups in total. The maximum atomic E-state index is 12.9. The molecule has 3 rings (SSSR count). The predicted octanol–water partition coefficient (Wildman–Crippen LogP) is -1.42. The van der Waals surface area contributed by atoms with Gasteiger partial charge in [0.15, 0.2) is 5.25 Å². The normalized spacial score (nSPS) is 34.7. The summed E-state index contributed by atoms with van der Waals surface area (Å²) in [6.45, 7) is -0.971. The van der Waals surface area contributed by atoms with Crippen LogP contribution in [0.5, 0.6) is 0 Å². The Morgan fingerprint density at radius 3 is 2.54 bits per heavy atom. The molecule has 15 heteroatoms. The summed E-state index contributed by atoms with van der Waals surface area (Å²) in [5.74, 6) is -3.64. The average molecular weight is 422 g/mol. The van der Waals surface area contributed by atoms with E-state index in [-0.39, 0.29) is 6.42 Å². The maximum Gasteiger partial charge on any atom is 0.465 e. The van der Waals surface area contributed by atoms with Crippen LogP contribution in [0.3, 0.4) is 0 Å². The number of carbonyl (C=O) groups is 2. The molecule has 0 aromatic carbocycles. The van der Waals surface area contributed by atoms with Crippen molar-refractivity contribution in [1.82, 2.24) is 0 Å². The van der Waals surface area contributed by atoms with E-state index < -0.39 is 80.1 Å². The van der Waals surface area contributed by atoms with Crippen molar-refractivity contribution in [2.45, 2.75) is 47.8 Å². The monoisotopic (exact) mass is 422 g/mol. The lowest BCUT2D eigenvalue weighted by Crippen LogP contribution is -2.43. The number of halogens is 2. The summed E-state index contributed by atoms with van der Waals surface area (Å²) in [5, 5.41) is -6.37. The predicted molar refractivity (Wildman–Crippen MR) is 72.8 cm³/mol. The van der Waals surface area contributed by atoms with Gasteiger partial charge in [0.2, 0.25) is 0 Å². The highest BCUT2D eigenvalue weighted by Crippen LogP contribution is 2.47. The van der Waals surface area contributed by atoms with Gasteiger partial charge in [-0.05, 0) is 0 Å². The van der Waals surface area contributed by atoms with Gasteiger partial charge in [0.25, 0.3) is 10.1 Å². The van der Waals surface area contributed by atoms with Gasteiger partial charge in [-0.15, -0.1) is 0 Å². The fraction of sp³-hybridized carbons (Fsp3) is 0.818. The van der Waals surface area contributed by atoms with Crippen LogP contribution in [-0.2, 0) is 48.2 Å². The Hall–Kier alpha value is -1.42. The van der Waals surface area contributed by atoms with Gasteiger partial charge in [0, 0.05) is 6.42 Å². The summed E-state index contributed by atoms with van der Waals surface area (Å²) in [6.07, 6.45) is -3.77. The Kier molecular flexibility index (Phi) is 4.50. The zero-order valence-electron chi connectivity index (χ0n) is 12.6. The van der Waals surface area contributed by atoms with Crippen LogP contribution in [0, 0.1) is 0 Å². The van der Waals surface area contributed by atoms with Crippen LogP contribution < -0.4 is 0 Å². The first-order valence-corrected chi connectivity index (χ1v) is 10.0. The highest BCUT2D eigenvalue weighted by Gasteiger charge is 2.67. The molecule has 3 saturated heterocycles. The van der Waals surface area contributed by atoms with E-state index in [0.29, 0.717) is 0 Å². The molecule has 0 spiro atoms. The third-order valence-electron chi connectivity index (χ3n) is 4.14. The van der Waals surface area contributed by atoms with Gasteiger partial charge in [0.1, 0.15) is 24.9 Å². The molecule has 5 atom stereocenters. The number of alkyl halides is 2. The Morgan fingerprint density at radius 1 is 1.27 bits per heavy atom. The summed E-state index contributed by atoms with van der Waals surface area (Å²) >= 11 is 0. The van der Waals surface area contributed by atoms with Crippen LogP contribution in [0.2, 0.25) is 0 Å². The molecular formula is C11H12F2O11S2. The SMILES string of the molecule is O=C(CCOC(=O)C(F)(F)S(=O)(=O)O)OC1C2CC3OS(=O)(=O)C1C3O2. The summed E-state index contributed by atoms with van der Waals surface area (Å²) < 4.78 is 97.7. The van der Waals surface area contributed by atoms with Crippen LogP contribution in [0.1, 0.15) is 12.8 Å². The Labute approximate surface area is 145 Å². The molecule has 3 fully saturated rings. The second kappa shape index (κ2) is 6.05. The van der Waals surface area contributed by atoms with Crippen LogP contribution in [-0.4, -0.2) is 74.9 Å². The Balaban J connectivity index is 1.52. The molecule has 0 radical (unpaired) electrons. The number of hydrogen-bond donors (Lipinski definition) is 1. The van der Waals surface area contributed by atoms with Crippen molar-refractivity contribution in [3.63, 3.8) is 0 Å². The van der Waals surface area contributed by atoms with E-state index in [0.717, 1.165) is 0 Å². The third kappa shape index (κ3) is 3.06. The van der Waals surface area contributed by atoms with Crippen molar-refractivity contribution >= 4 is 32.2 Å². The largest absolute Gasteiger partial charge is 0.465 e. The van der Waals surface area contributed by atoms with E-state index in [1.165, 1.54) is 0 Å². The molecule has 26 heavy (non-hydrogen) atoms. The van der Waals surface area contributed by atoms with Crippen LogP contribution in [0.15, 0.2) is 0 Å². The van der Waals surface area contributed by atoms with E-state index in [4.69, 9.17) is 18.2 Å². The lowest BCUT2D eigenvalue weighted by atomic mass is 9.95. The van der Waals surface area contributed by atoms with Crippen molar-refractivity contribution in [2.24, 2.45) is 0 Å². The molecule has 0 aromatic heterocycles. The van der Waals surface area contributed by atoms with Crippen LogP contribution in [0.25, 0.3) is 0 Å². The van der Waals surface area contributed by atoms with Gasteiger partial charge in [-0.1, -0.05) is 0 Å². The van der Waals surface area contributed by atoms with E-state index in [1.54, 1.807) is 0 Å². The minimum atomic E-state index is -6.02.